The molecule has 0 bridgehead atoms. The predicted octanol–water partition coefficient (Wildman–Crippen LogP) is 1.63. The zero-order valence-electron chi connectivity index (χ0n) is 10.6. The van der Waals surface area contributed by atoms with E-state index in [2.05, 4.69) is 20.2 Å². The molecule has 0 radical (unpaired) electrons. The smallest absolute Gasteiger partial charge is 0.161 e. The molecule has 4 nitrogen and oxygen atoms in total. The first-order valence-corrected chi connectivity index (χ1v) is 6.24. The van der Waals surface area contributed by atoms with Crippen molar-refractivity contribution in [2.24, 2.45) is 0 Å². The van der Waals surface area contributed by atoms with Gasteiger partial charge in [0.2, 0.25) is 0 Å². The van der Waals surface area contributed by atoms with Crippen molar-refractivity contribution in [3.05, 3.63) is 29.5 Å². The van der Waals surface area contributed by atoms with Gasteiger partial charge in [0.25, 0.3) is 0 Å². The Kier molecular flexibility index (Phi) is 3.02. The third-order valence-electron chi connectivity index (χ3n) is 3.27. The maximum Gasteiger partial charge on any atom is 0.161 e. The number of fused-ring (bicyclic) bond motifs is 1. The number of benzene rings is 1. The van der Waals surface area contributed by atoms with Crippen LogP contribution < -0.4 is 10.2 Å². The summed E-state index contributed by atoms with van der Waals surface area (Å²) in [5.74, 6) is -1.03. The Morgan fingerprint density at radius 3 is 2.26 bits per heavy atom. The van der Waals surface area contributed by atoms with Gasteiger partial charge in [-0.05, 0) is 6.92 Å². The van der Waals surface area contributed by atoms with Crippen molar-refractivity contribution in [3.8, 4) is 0 Å². The van der Waals surface area contributed by atoms with Gasteiger partial charge in [0, 0.05) is 38.3 Å². The monoisotopic (exact) mass is 264 g/mol. The second kappa shape index (κ2) is 4.70. The van der Waals surface area contributed by atoms with E-state index < -0.39 is 11.6 Å². The fourth-order valence-electron chi connectivity index (χ4n) is 2.31. The topological polar surface area (TPSA) is 41.1 Å². The van der Waals surface area contributed by atoms with Crippen molar-refractivity contribution in [1.82, 2.24) is 15.3 Å². The van der Waals surface area contributed by atoms with Crippen LogP contribution in [-0.2, 0) is 0 Å². The van der Waals surface area contributed by atoms with Gasteiger partial charge in [0.05, 0.1) is 16.7 Å². The fraction of sp³-hybridized carbons (Fsp3) is 0.385. The molecule has 1 aliphatic rings. The second-order valence-corrected chi connectivity index (χ2v) is 4.62. The SMILES string of the molecule is Cc1nc2cc(F)c(F)cc2nc1N1CCNCC1. The summed E-state index contributed by atoms with van der Waals surface area (Å²) in [4.78, 5) is 10.9. The molecule has 2 heterocycles. The summed E-state index contributed by atoms with van der Waals surface area (Å²) in [7, 11) is 0. The maximum absolute atomic E-state index is 13.3. The summed E-state index contributed by atoms with van der Waals surface area (Å²) in [5.41, 5.74) is 1.51. The minimum absolute atomic E-state index is 0.385. The van der Waals surface area contributed by atoms with E-state index in [9.17, 15) is 8.78 Å². The lowest BCUT2D eigenvalue weighted by Crippen LogP contribution is -2.44. The standard InChI is InChI=1S/C13H14F2N4/c1-8-13(19-4-2-16-3-5-19)18-12-7-10(15)9(14)6-11(12)17-8/h6-7,16H,2-5H2,1H3. The average molecular weight is 264 g/mol. The van der Waals surface area contributed by atoms with E-state index in [0.717, 1.165) is 49.8 Å². The molecule has 2 aromatic rings. The van der Waals surface area contributed by atoms with Gasteiger partial charge >= 0.3 is 0 Å². The van der Waals surface area contributed by atoms with Gasteiger partial charge in [-0.25, -0.2) is 18.7 Å². The molecule has 0 saturated carbocycles. The lowest BCUT2D eigenvalue weighted by Gasteiger charge is -2.29. The highest BCUT2D eigenvalue weighted by molar-refractivity contribution is 5.76. The highest BCUT2D eigenvalue weighted by atomic mass is 19.2. The van der Waals surface area contributed by atoms with Crippen LogP contribution in [0.25, 0.3) is 11.0 Å². The van der Waals surface area contributed by atoms with Gasteiger partial charge < -0.3 is 10.2 Å². The van der Waals surface area contributed by atoms with Crippen LogP contribution in [0.15, 0.2) is 12.1 Å². The Bertz CT molecular complexity index is 624. The zero-order chi connectivity index (χ0) is 13.4. The normalized spacial score (nSPS) is 16.1. The number of piperazine rings is 1. The minimum Gasteiger partial charge on any atom is -0.353 e. The molecule has 1 saturated heterocycles. The fourth-order valence-corrected chi connectivity index (χ4v) is 2.31. The van der Waals surface area contributed by atoms with Crippen molar-refractivity contribution in [2.45, 2.75) is 6.92 Å². The summed E-state index contributed by atoms with van der Waals surface area (Å²) < 4.78 is 26.4. The van der Waals surface area contributed by atoms with Crippen LogP contribution in [-0.4, -0.2) is 36.1 Å². The Morgan fingerprint density at radius 1 is 1.05 bits per heavy atom. The predicted molar refractivity (Wildman–Crippen MR) is 69.3 cm³/mol. The second-order valence-electron chi connectivity index (χ2n) is 4.62. The lowest BCUT2D eigenvalue weighted by molar-refractivity contribution is 0.510. The molecule has 3 rings (SSSR count). The van der Waals surface area contributed by atoms with E-state index in [1.54, 1.807) is 0 Å². The maximum atomic E-state index is 13.3. The van der Waals surface area contributed by atoms with Gasteiger partial charge in [-0.1, -0.05) is 0 Å². The van der Waals surface area contributed by atoms with Crippen molar-refractivity contribution in [1.29, 1.82) is 0 Å². The largest absolute Gasteiger partial charge is 0.353 e. The molecule has 0 amide bonds. The summed E-state index contributed by atoms with van der Waals surface area (Å²) >= 11 is 0. The minimum atomic E-state index is -0.892. The average Bonchev–Trinajstić information content (AvgIpc) is 2.41. The van der Waals surface area contributed by atoms with Gasteiger partial charge in [0.1, 0.15) is 0 Å². The molecule has 19 heavy (non-hydrogen) atoms. The number of nitrogens with one attached hydrogen (secondary N) is 1. The first-order chi connectivity index (χ1) is 9.15. The van der Waals surface area contributed by atoms with Crippen LogP contribution in [0, 0.1) is 18.6 Å². The highest BCUT2D eigenvalue weighted by Gasteiger charge is 2.16. The van der Waals surface area contributed by atoms with Gasteiger partial charge in [-0.2, -0.15) is 0 Å². The third-order valence-corrected chi connectivity index (χ3v) is 3.27. The molecule has 0 atom stereocenters. The summed E-state index contributed by atoms with van der Waals surface area (Å²) in [6.07, 6.45) is 0. The van der Waals surface area contributed by atoms with Gasteiger partial charge in [0.15, 0.2) is 17.5 Å². The Labute approximate surface area is 109 Å². The molecular weight excluding hydrogens is 250 g/mol. The van der Waals surface area contributed by atoms with Crippen LogP contribution in [0.1, 0.15) is 5.69 Å². The molecule has 100 valence electrons. The van der Waals surface area contributed by atoms with Crippen molar-refractivity contribution < 1.29 is 8.78 Å². The van der Waals surface area contributed by atoms with Crippen LogP contribution >= 0.6 is 0 Å². The van der Waals surface area contributed by atoms with Crippen molar-refractivity contribution in [3.63, 3.8) is 0 Å². The molecule has 1 N–H and O–H groups in total. The van der Waals surface area contributed by atoms with E-state index >= 15 is 0 Å². The molecule has 0 aliphatic carbocycles. The molecular formula is C13H14F2N4. The molecule has 0 spiro atoms. The summed E-state index contributed by atoms with van der Waals surface area (Å²) in [6.45, 7) is 5.29. The van der Waals surface area contributed by atoms with Crippen LogP contribution in [0.4, 0.5) is 14.6 Å². The van der Waals surface area contributed by atoms with E-state index in [-0.39, 0.29) is 0 Å². The van der Waals surface area contributed by atoms with E-state index in [4.69, 9.17) is 0 Å². The first-order valence-electron chi connectivity index (χ1n) is 6.24. The van der Waals surface area contributed by atoms with E-state index in [1.165, 1.54) is 0 Å². The van der Waals surface area contributed by atoms with Gasteiger partial charge in [-0.15, -0.1) is 0 Å². The van der Waals surface area contributed by atoms with Crippen LogP contribution in [0.3, 0.4) is 0 Å². The molecule has 1 fully saturated rings. The van der Waals surface area contributed by atoms with Gasteiger partial charge in [-0.3, -0.25) is 0 Å². The number of halogens is 2. The quantitative estimate of drug-likeness (QED) is 0.850. The van der Waals surface area contributed by atoms with Crippen molar-refractivity contribution >= 4 is 16.9 Å². The van der Waals surface area contributed by atoms with Crippen LogP contribution in [0.2, 0.25) is 0 Å². The number of rotatable bonds is 1. The Hall–Kier alpha value is -1.82. The van der Waals surface area contributed by atoms with E-state index in [0.29, 0.717) is 11.0 Å². The summed E-state index contributed by atoms with van der Waals surface area (Å²) in [5, 5.41) is 3.26. The molecule has 1 aliphatic heterocycles. The zero-order valence-corrected chi connectivity index (χ0v) is 10.6. The number of anilines is 1. The molecule has 6 heteroatoms. The molecule has 1 aromatic heterocycles. The lowest BCUT2D eigenvalue weighted by atomic mass is 10.2. The Morgan fingerprint density at radius 2 is 1.63 bits per heavy atom. The van der Waals surface area contributed by atoms with Crippen LogP contribution in [0.5, 0.6) is 0 Å². The molecule has 0 unspecified atom stereocenters. The number of aryl methyl sites for hydroxylation is 1. The highest BCUT2D eigenvalue weighted by Crippen LogP contribution is 2.22. The van der Waals surface area contributed by atoms with E-state index in [1.807, 2.05) is 6.92 Å². The first kappa shape index (κ1) is 12.2. The number of nitrogens with zero attached hydrogens (tertiary/aromatic N) is 3. The Balaban J connectivity index is 2.10. The van der Waals surface area contributed by atoms with Crippen molar-refractivity contribution in [2.75, 3.05) is 31.1 Å². The number of aromatic nitrogens is 2. The molecule has 1 aromatic carbocycles. The third kappa shape index (κ3) is 2.23. The summed E-state index contributed by atoms with van der Waals surface area (Å²) in [6, 6.07) is 2.19. The number of hydrogen-bond acceptors (Lipinski definition) is 4. The number of hydrogen-bond donors (Lipinski definition) is 1.